The number of hydrogen-bond acceptors (Lipinski definition) is 4. The standard InChI is InChI=1S/C19H23N3O3S/c1-13-4-7-15(8-5-13)18(20)19(23)21-16-9-6-14(2)17(12-16)22-10-3-11-26(22,24)25/h4-9,12,18H,3,10-11,20H2,1-2H3,(H,21,23). The summed E-state index contributed by atoms with van der Waals surface area (Å²) in [6.07, 6.45) is 0.608. The van der Waals surface area contributed by atoms with Gasteiger partial charge in [-0.3, -0.25) is 9.10 Å². The van der Waals surface area contributed by atoms with Crippen molar-refractivity contribution in [3.63, 3.8) is 0 Å². The molecule has 1 atom stereocenters. The lowest BCUT2D eigenvalue weighted by Gasteiger charge is -2.21. The number of nitrogens with zero attached hydrogens (tertiary/aromatic N) is 1. The number of benzene rings is 2. The van der Waals surface area contributed by atoms with Crippen LogP contribution in [0.4, 0.5) is 11.4 Å². The van der Waals surface area contributed by atoms with Crippen molar-refractivity contribution in [2.45, 2.75) is 26.3 Å². The van der Waals surface area contributed by atoms with Crippen LogP contribution in [-0.4, -0.2) is 26.6 Å². The van der Waals surface area contributed by atoms with Crippen LogP contribution in [0.5, 0.6) is 0 Å². The van der Waals surface area contributed by atoms with Crippen LogP contribution in [0.25, 0.3) is 0 Å². The molecule has 26 heavy (non-hydrogen) atoms. The third kappa shape index (κ3) is 3.73. The highest BCUT2D eigenvalue weighted by Crippen LogP contribution is 2.30. The third-order valence-electron chi connectivity index (χ3n) is 4.56. The Bertz CT molecular complexity index is 924. The number of rotatable bonds is 4. The Kier molecular flexibility index (Phi) is 5.02. The summed E-state index contributed by atoms with van der Waals surface area (Å²) < 4.78 is 25.8. The van der Waals surface area contributed by atoms with Crippen LogP contribution in [0.15, 0.2) is 42.5 Å². The number of anilines is 2. The Morgan fingerprint density at radius 1 is 1.15 bits per heavy atom. The highest BCUT2D eigenvalue weighted by atomic mass is 32.2. The molecule has 0 radical (unpaired) electrons. The third-order valence-corrected chi connectivity index (χ3v) is 6.42. The number of carbonyl (C=O) groups is 1. The van der Waals surface area contributed by atoms with Crippen LogP contribution in [0.1, 0.15) is 29.2 Å². The van der Waals surface area contributed by atoms with E-state index in [-0.39, 0.29) is 11.7 Å². The van der Waals surface area contributed by atoms with E-state index in [4.69, 9.17) is 5.73 Å². The maximum absolute atomic E-state index is 12.5. The van der Waals surface area contributed by atoms with Crippen LogP contribution in [0.3, 0.4) is 0 Å². The first-order valence-corrected chi connectivity index (χ1v) is 10.1. The van der Waals surface area contributed by atoms with Gasteiger partial charge in [-0.15, -0.1) is 0 Å². The van der Waals surface area contributed by atoms with E-state index in [1.54, 1.807) is 18.2 Å². The number of aryl methyl sites for hydroxylation is 2. The minimum atomic E-state index is -3.28. The SMILES string of the molecule is Cc1ccc(C(N)C(=O)Nc2ccc(C)c(N3CCCS3(=O)=O)c2)cc1. The smallest absolute Gasteiger partial charge is 0.245 e. The van der Waals surface area contributed by atoms with E-state index in [9.17, 15) is 13.2 Å². The van der Waals surface area contributed by atoms with Crippen LogP contribution in [0, 0.1) is 13.8 Å². The van der Waals surface area contributed by atoms with Crippen LogP contribution >= 0.6 is 0 Å². The summed E-state index contributed by atoms with van der Waals surface area (Å²) in [5.41, 5.74) is 9.84. The van der Waals surface area contributed by atoms with E-state index < -0.39 is 16.1 Å². The van der Waals surface area contributed by atoms with Crippen molar-refractivity contribution in [3.8, 4) is 0 Å². The molecule has 1 aliphatic rings. The summed E-state index contributed by atoms with van der Waals surface area (Å²) in [7, 11) is -3.28. The van der Waals surface area contributed by atoms with Gasteiger partial charge in [0.15, 0.2) is 0 Å². The van der Waals surface area contributed by atoms with Crippen molar-refractivity contribution < 1.29 is 13.2 Å². The van der Waals surface area contributed by atoms with Gasteiger partial charge in [-0.2, -0.15) is 0 Å². The van der Waals surface area contributed by atoms with Gasteiger partial charge in [0, 0.05) is 12.2 Å². The lowest BCUT2D eigenvalue weighted by Crippen LogP contribution is -2.28. The predicted octanol–water partition coefficient (Wildman–Crippen LogP) is 2.48. The summed E-state index contributed by atoms with van der Waals surface area (Å²) in [6, 6.07) is 11.9. The maximum Gasteiger partial charge on any atom is 0.245 e. The molecule has 3 rings (SSSR count). The first kappa shape index (κ1) is 18.4. The predicted molar refractivity (Wildman–Crippen MR) is 104 cm³/mol. The summed E-state index contributed by atoms with van der Waals surface area (Å²) in [5.74, 6) is -0.186. The number of hydrogen-bond donors (Lipinski definition) is 2. The van der Waals surface area contributed by atoms with Gasteiger partial charge in [0.25, 0.3) is 0 Å². The van der Waals surface area contributed by atoms with E-state index in [2.05, 4.69) is 5.32 Å². The molecule has 0 aromatic heterocycles. The molecular weight excluding hydrogens is 350 g/mol. The molecule has 1 amide bonds. The Labute approximate surface area is 154 Å². The van der Waals surface area contributed by atoms with E-state index in [1.807, 2.05) is 38.1 Å². The fourth-order valence-electron chi connectivity index (χ4n) is 3.01. The van der Waals surface area contributed by atoms with Gasteiger partial charge in [0.1, 0.15) is 6.04 Å². The fourth-order valence-corrected chi connectivity index (χ4v) is 4.63. The van der Waals surface area contributed by atoms with E-state index in [1.165, 1.54) is 4.31 Å². The molecule has 1 fully saturated rings. The Morgan fingerprint density at radius 2 is 1.85 bits per heavy atom. The average Bonchev–Trinajstić information content (AvgIpc) is 2.95. The van der Waals surface area contributed by atoms with E-state index >= 15 is 0 Å². The number of sulfonamides is 1. The van der Waals surface area contributed by atoms with Gasteiger partial charge in [-0.25, -0.2) is 8.42 Å². The normalized spacial score (nSPS) is 17.1. The summed E-state index contributed by atoms with van der Waals surface area (Å²) in [5, 5.41) is 2.79. The molecule has 2 aromatic carbocycles. The fraction of sp³-hybridized carbons (Fsp3) is 0.316. The van der Waals surface area contributed by atoms with Gasteiger partial charge in [-0.1, -0.05) is 35.9 Å². The Morgan fingerprint density at radius 3 is 2.46 bits per heavy atom. The molecule has 3 N–H and O–H groups in total. The van der Waals surface area contributed by atoms with Crippen molar-refractivity contribution in [2.75, 3.05) is 21.9 Å². The molecule has 0 aliphatic carbocycles. The minimum Gasteiger partial charge on any atom is -0.324 e. The first-order chi connectivity index (χ1) is 12.3. The molecule has 1 aliphatic heterocycles. The van der Waals surface area contributed by atoms with Gasteiger partial charge < -0.3 is 11.1 Å². The molecule has 6 nitrogen and oxygen atoms in total. The molecule has 0 spiro atoms. The average molecular weight is 373 g/mol. The summed E-state index contributed by atoms with van der Waals surface area (Å²) in [6.45, 7) is 4.28. The van der Waals surface area contributed by atoms with Gasteiger partial charge in [-0.05, 0) is 43.5 Å². The first-order valence-electron chi connectivity index (χ1n) is 8.52. The van der Waals surface area contributed by atoms with Gasteiger partial charge in [0.05, 0.1) is 11.4 Å². The molecule has 1 unspecified atom stereocenters. The number of carbonyl (C=O) groups excluding carboxylic acids is 1. The topological polar surface area (TPSA) is 92.5 Å². The zero-order valence-corrected chi connectivity index (χ0v) is 15.7. The minimum absolute atomic E-state index is 0.154. The second-order valence-corrected chi connectivity index (χ2v) is 8.63. The molecule has 1 saturated heterocycles. The second kappa shape index (κ2) is 7.09. The molecule has 0 saturated carbocycles. The highest BCUT2D eigenvalue weighted by molar-refractivity contribution is 7.93. The lowest BCUT2D eigenvalue weighted by atomic mass is 10.1. The number of nitrogens with two attached hydrogens (primary N) is 1. The van der Waals surface area contributed by atoms with Crippen molar-refractivity contribution >= 4 is 27.3 Å². The summed E-state index contributed by atoms with van der Waals surface area (Å²) in [4.78, 5) is 12.5. The zero-order chi connectivity index (χ0) is 18.9. The number of amides is 1. The molecule has 1 heterocycles. The quantitative estimate of drug-likeness (QED) is 0.861. The van der Waals surface area contributed by atoms with Crippen molar-refractivity contribution in [1.29, 1.82) is 0 Å². The Balaban J connectivity index is 1.81. The van der Waals surface area contributed by atoms with Crippen LogP contribution in [0.2, 0.25) is 0 Å². The van der Waals surface area contributed by atoms with Crippen molar-refractivity contribution in [1.82, 2.24) is 0 Å². The lowest BCUT2D eigenvalue weighted by molar-refractivity contribution is -0.117. The molecule has 7 heteroatoms. The van der Waals surface area contributed by atoms with Gasteiger partial charge in [0.2, 0.25) is 15.9 Å². The largest absolute Gasteiger partial charge is 0.324 e. The van der Waals surface area contributed by atoms with Crippen LogP contribution in [-0.2, 0) is 14.8 Å². The molecule has 0 bridgehead atoms. The van der Waals surface area contributed by atoms with Gasteiger partial charge >= 0.3 is 0 Å². The van der Waals surface area contributed by atoms with E-state index in [0.29, 0.717) is 24.3 Å². The maximum atomic E-state index is 12.5. The summed E-state index contributed by atoms with van der Waals surface area (Å²) >= 11 is 0. The number of nitrogens with one attached hydrogen (secondary N) is 1. The van der Waals surface area contributed by atoms with Crippen molar-refractivity contribution in [2.24, 2.45) is 5.73 Å². The second-order valence-electron chi connectivity index (χ2n) is 6.62. The Hall–Kier alpha value is -2.38. The molecule has 138 valence electrons. The monoisotopic (exact) mass is 373 g/mol. The van der Waals surface area contributed by atoms with Crippen molar-refractivity contribution in [3.05, 3.63) is 59.2 Å². The molecule has 2 aromatic rings. The van der Waals surface area contributed by atoms with E-state index in [0.717, 1.165) is 16.7 Å². The van der Waals surface area contributed by atoms with Crippen LogP contribution < -0.4 is 15.4 Å². The molecular formula is C19H23N3O3S. The zero-order valence-electron chi connectivity index (χ0n) is 14.9. The highest BCUT2D eigenvalue weighted by Gasteiger charge is 2.29.